The third kappa shape index (κ3) is 3.14. The molecule has 3 rings (SSSR count). The molecule has 0 aliphatic carbocycles. The number of rotatable bonds is 3. The molecule has 0 atom stereocenters. The summed E-state index contributed by atoms with van der Waals surface area (Å²) in [4.78, 5) is 19.5. The molecule has 0 bridgehead atoms. The van der Waals surface area contributed by atoms with Crippen LogP contribution in [0, 0.1) is 0 Å². The predicted molar refractivity (Wildman–Crippen MR) is 85.7 cm³/mol. The fourth-order valence-corrected chi connectivity index (χ4v) is 3.30. The number of aryl methyl sites for hydroxylation is 1. The molecule has 1 aliphatic rings. The molecule has 1 amide bonds. The van der Waals surface area contributed by atoms with Crippen molar-refractivity contribution in [3.8, 4) is 10.6 Å². The predicted octanol–water partition coefficient (Wildman–Crippen LogP) is 2.42. The summed E-state index contributed by atoms with van der Waals surface area (Å²) in [6.07, 6.45) is 2.74. The molecule has 0 spiro atoms. The molecule has 2 heterocycles. The summed E-state index contributed by atoms with van der Waals surface area (Å²) in [5, 5.41) is 4.17. The average Bonchev–Trinajstić information content (AvgIpc) is 3.05. The third-order valence-electron chi connectivity index (χ3n) is 3.73. The quantitative estimate of drug-likeness (QED) is 0.947. The molecule has 1 fully saturated rings. The molecule has 0 saturated carbocycles. The summed E-state index contributed by atoms with van der Waals surface area (Å²) in [5.41, 5.74) is 2.39. The van der Waals surface area contributed by atoms with Crippen molar-refractivity contribution in [2.75, 3.05) is 26.2 Å². The van der Waals surface area contributed by atoms with E-state index in [-0.39, 0.29) is 5.91 Å². The molecular formula is C16H19N3OS. The number of hydrogen-bond acceptors (Lipinski definition) is 4. The van der Waals surface area contributed by atoms with Crippen molar-refractivity contribution < 1.29 is 4.79 Å². The van der Waals surface area contributed by atoms with Crippen LogP contribution in [0.4, 0.5) is 0 Å². The summed E-state index contributed by atoms with van der Waals surface area (Å²) in [6.45, 7) is 5.43. The van der Waals surface area contributed by atoms with Gasteiger partial charge in [-0.05, 0) is 12.0 Å². The Morgan fingerprint density at radius 2 is 2.00 bits per heavy atom. The Kier molecular flexibility index (Phi) is 4.31. The van der Waals surface area contributed by atoms with Crippen LogP contribution in [-0.2, 0) is 6.42 Å². The fourth-order valence-electron chi connectivity index (χ4n) is 2.41. The van der Waals surface area contributed by atoms with E-state index >= 15 is 0 Å². The van der Waals surface area contributed by atoms with Gasteiger partial charge in [-0.2, -0.15) is 0 Å². The zero-order valence-corrected chi connectivity index (χ0v) is 12.9. The topological polar surface area (TPSA) is 45.2 Å². The first-order valence-corrected chi connectivity index (χ1v) is 8.14. The molecule has 0 unspecified atom stereocenters. The van der Waals surface area contributed by atoms with Crippen LogP contribution < -0.4 is 5.32 Å². The minimum absolute atomic E-state index is 0.102. The number of carbonyl (C=O) groups is 1. The van der Waals surface area contributed by atoms with E-state index in [0.717, 1.165) is 48.0 Å². The summed E-state index contributed by atoms with van der Waals surface area (Å²) in [5.74, 6) is 0.102. The molecule has 4 nitrogen and oxygen atoms in total. The van der Waals surface area contributed by atoms with E-state index in [4.69, 9.17) is 0 Å². The SMILES string of the molecule is CCc1ccc(-c2ncc(C(=O)N3CCNCC3)s2)cc1. The minimum atomic E-state index is 0.102. The van der Waals surface area contributed by atoms with Crippen molar-refractivity contribution in [2.45, 2.75) is 13.3 Å². The maximum absolute atomic E-state index is 12.4. The molecule has 2 aromatic rings. The normalized spacial score (nSPS) is 15.2. The maximum Gasteiger partial charge on any atom is 0.265 e. The van der Waals surface area contributed by atoms with Crippen molar-refractivity contribution in [3.63, 3.8) is 0 Å². The number of benzene rings is 1. The van der Waals surface area contributed by atoms with Crippen molar-refractivity contribution in [1.29, 1.82) is 0 Å². The molecule has 110 valence electrons. The molecule has 1 aromatic heterocycles. The van der Waals surface area contributed by atoms with Crippen LogP contribution >= 0.6 is 11.3 Å². The van der Waals surface area contributed by atoms with E-state index in [9.17, 15) is 4.79 Å². The Hall–Kier alpha value is -1.72. The van der Waals surface area contributed by atoms with Crippen molar-refractivity contribution >= 4 is 17.2 Å². The van der Waals surface area contributed by atoms with Gasteiger partial charge in [-0.3, -0.25) is 4.79 Å². The monoisotopic (exact) mass is 301 g/mol. The largest absolute Gasteiger partial charge is 0.335 e. The van der Waals surface area contributed by atoms with Crippen molar-refractivity contribution in [2.24, 2.45) is 0 Å². The van der Waals surface area contributed by atoms with Crippen LogP contribution in [0.15, 0.2) is 30.5 Å². The van der Waals surface area contributed by atoms with Crippen LogP contribution in [0.1, 0.15) is 22.2 Å². The molecule has 21 heavy (non-hydrogen) atoms. The number of hydrogen-bond donors (Lipinski definition) is 1. The van der Waals surface area contributed by atoms with Gasteiger partial charge in [0.2, 0.25) is 0 Å². The van der Waals surface area contributed by atoms with E-state index in [1.807, 2.05) is 4.90 Å². The number of nitrogens with zero attached hydrogens (tertiary/aromatic N) is 2. The highest BCUT2D eigenvalue weighted by atomic mass is 32.1. The van der Waals surface area contributed by atoms with E-state index in [1.165, 1.54) is 16.9 Å². The second-order valence-corrected chi connectivity index (χ2v) is 6.15. The van der Waals surface area contributed by atoms with Crippen LogP contribution in [0.5, 0.6) is 0 Å². The van der Waals surface area contributed by atoms with Gasteiger partial charge in [-0.25, -0.2) is 4.98 Å². The highest BCUT2D eigenvalue weighted by Crippen LogP contribution is 2.26. The van der Waals surface area contributed by atoms with E-state index in [0.29, 0.717) is 0 Å². The molecule has 5 heteroatoms. The van der Waals surface area contributed by atoms with Gasteiger partial charge in [-0.1, -0.05) is 31.2 Å². The Morgan fingerprint density at radius 3 is 2.67 bits per heavy atom. The number of amides is 1. The lowest BCUT2D eigenvalue weighted by atomic mass is 10.1. The van der Waals surface area contributed by atoms with Crippen LogP contribution in [-0.4, -0.2) is 42.0 Å². The Morgan fingerprint density at radius 1 is 1.29 bits per heavy atom. The van der Waals surface area contributed by atoms with E-state index in [2.05, 4.69) is 41.5 Å². The lowest BCUT2D eigenvalue weighted by Crippen LogP contribution is -2.46. The highest BCUT2D eigenvalue weighted by molar-refractivity contribution is 7.16. The van der Waals surface area contributed by atoms with Crippen LogP contribution in [0.3, 0.4) is 0 Å². The van der Waals surface area contributed by atoms with Crippen LogP contribution in [0.25, 0.3) is 10.6 Å². The van der Waals surface area contributed by atoms with Gasteiger partial charge in [-0.15, -0.1) is 11.3 Å². The summed E-state index contributed by atoms with van der Waals surface area (Å²) in [6, 6.07) is 8.40. The first kappa shape index (κ1) is 14.2. The summed E-state index contributed by atoms with van der Waals surface area (Å²) in [7, 11) is 0. The van der Waals surface area contributed by atoms with Gasteiger partial charge in [0, 0.05) is 31.7 Å². The zero-order valence-electron chi connectivity index (χ0n) is 12.1. The minimum Gasteiger partial charge on any atom is -0.335 e. The Labute approximate surface area is 128 Å². The third-order valence-corrected chi connectivity index (χ3v) is 4.76. The van der Waals surface area contributed by atoms with Gasteiger partial charge in [0.05, 0.1) is 6.20 Å². The smallest absolute Gasteiger partial charge is 0.265 e. The van der Waals surface area contributed by atoms with Gasteiger partial charge in [0.25, 0.3) is 5.91 Å². The second kappa shape index (κ2) is 6.37. The van der Waals surface area contributed by atoms with Gasteiger partial charge >= 0.3 is 0 Å². The van der Waals surface area contributed by atoms with Crippen molar-refractivity contribution in [1.82, 2.24) is 15.2 Å². The van der Waals surface area contributed by atoms with Crippen molar-refractivity contribution in [3.05, 3.63) is 40.9 Å². The fraction of sp³-hybridized carbons (Fsp3) is 0.375. The number of nitrogens with one attached hydrogen (secondary N) is 1. The highest BCUT2D eigenvalue weighted by Gasteiger charge is 2.20. The van der Waals surface area contributed by atoms with Gasteiger partial charge < -0.3 is 10.2 Å². The maximum atomic E-state index is 12.4. The zero-order chi connectivity index (χ0) is 14.7. The number of piperazine rings is 1. The van der Waals surface area contributed by atoms with E-state index < -0.39 is 0 Å². The van der Waals surface area contributed by atoms with Crippen LogP contribution in [0.2, 0.25) is 0 Å². The second-order valence-electron chi connectivity index (χ2n) is 5.12. The molecule has 0 radical (unpaired) electrons. The summed E-state index contributed by atoms with van der Waals surface area (Å²) < 4.78 is 0. The number of thiazole rings is 1. The Balaban J connectivity index is 1.77. The first-order chi connectivity index (χ1) is 10.3. The molecular weight excluding hydrogens is 282 g/mol. The average molecular weight is 301 g/mol. The lowest BCUT2D eigenvalue weighted by Gasteiger charge is -2.26. The molecule has 1 aliphatic heterocycles. The standard InChI is InChI=1S/C16H19N3OS/c1-2-12-3-5-13(6-4-12)15-18-11-14(21-15)16(20)19-9-7-17-8-10-19/h3-6,11,17H,2,7-10H2,1H3. The first-order valence-electron chi connectivity index (χ1n) is 7.33. The lowest BCUT2D eigenvalue weighted by molar-refractivity contribution is 0.0740. The number of carbonyl (C=O) groups excluding carboxylic acids is 1. The molecule has 1 aromatic carbocycles. The van der Waals surface area contributed by atoms with Gasteiger partial charge in [0.15, 0.2) is 0 Å². The summed E-state index contributed by atoms with van der Waals surface area (Å²) >= 11 is 1.48. The molecule has 1 N–H and O–H groups in total. The van der Waals surface area contributed by atoms with Gasteiger partial charge in [0.1, 0.15) is 9.88 Å². The molecule has 1 saturated heterocycles. The number of aromatic nitrogens is 1. The van der Waals surface area contributed by atoms with E-state index in [1.54, 1.807) is 6.20 Å². The Bertz CT molecular complexity index is 615.